The number of rotatable bonds is 8. The summed E-state index contributed by atoms with van der Waals surface area (Å²) >= 11 is 0. The summed E-state index contributed by atoms with van der Waals surface area (Å²) in [6, 6.07) is 16.8. The first-order chi connectivity index (χ1) is 12.1. The Morgan fingerprint density at radius 1 is 1.12 bits per heavy atom. The molecule has 2 aromatic rings. The van der Waals surface area contributed by atoms with Gasteiger partial charge in [-0.2, -0.15) is 0 Å². The Balaban J connectivity index is 1.94. The second-order valence-corrected chi connectivity index (χ2v) is 5.63. The van der Waals surface area contributed by atoms with Crippen molar-refractivity contribution in [3.05, 3.63) is 78.4 Å². The number of anilines is 1. The summed E-state index contributed by atoms with van der Waals surface area (Å²) in [6.45, 7) is 6.06. The molecule has 0 fully saturated rings. The Bertz CT molecular complexity index is 729. The van der Waals surface area contributed by atoms with E-state index in [2.05, 4.69) is 22.5 Å². The van der Waals surface area contributed by atoms with E-state index in [-0.39, 0.29) is 24.4 Å². The molecule has 0 aliphatic carbocycles. The van der Waals surface area contributed by atoms with Crippen molar-refractivity contribution in [2.45, 2.75) is 13.0 Å². The number of amides is 2. The van der Waals surface area contributed by atoms with Crippen LogP contribution >= 0.6 is 0 Å². The molecule has 0 spiro atoms. The lowest BCUT2D eigenvalue weighted by Crippen LogP contribution is -2.30. The topological polar surface area (TPSA) is 70.2 Å². The van der Waals surface area contributed by atoms with E-state index in [1.807, 2.05) is 43.3 Å². The Morgan fingerprint density at radius 2 is 1.88 bits per heavy atom. The Hall–Kier alpha value is -3.08. The fourth-order valence-corrected chi connectivity index (χ4v) is 2.31. The van der Waals surface area contributed by atoms with Gasteiger partial charge >= 0.3 is 0 Å². The molecule has 2 amide bonds. The van der Waals surface area contributed by atoms with E-state index in [1.165, 1.54) is 0 Å². The standard InChI is InChI=1S/C20H23N3O2/c1-3-12-21-19(24)14-22-18-11-7-10-17(13-18)20(25)23-15(2)16-8-5-4-6-9-16/h3-11,13,15,22H,1,12,14H2,2H3,(H,21,24)(H,23,25). The molecule has 0 saturated carbocycles. The minimum atomic E-state index is -0.156. The van der Waals surface area contributed by atoms with E-state index < -0.39 is 0 Å². The van der Waals surface area contributed by atoms with Gasteiger partial charge in [-0.15, -0.1) is 6.58 Å². The van der Waals surface area contributed by atoms with Gasteiger partial charge < -0.3 is 16.0 Å². The second kappa shape index (κ2) is 9.27. The second-order valence-electron chi connectivity index (χ2n) is 5.63. The molecule has 0 heterocycles. The van der Waals surface area contributed by atoms with Gasteiger partial charge in [-0.05, 0) is 30.7 Å². The highest BCUT2D eigenvalue weighted by atomic mass is 16.2. The summed E-state index contributed by atoms with van der Waals surface area (Å²) in [5, 5.41) is 8.67. The van der Waals surface area contributed by atoms with Crippen molar-refractivity contribution in [1.82, 2.24) is 10.6 Å². The number of carbonyl (C=O) groups excluding carboxylic acids is 2. The van der Waals surface area contributed by atoms with Gasteiger partial charge in [0, 0.05) is 17.8 Å². The molecule has 0 aliphatic heterocycles. The highest BCUT2D eigenvalue weighted by Crippen LogP contribution is 2.14. The minimum Gasteiger partial charge on any atom is -0.376 e. The summed E-state index contributed by atoms with van der Waals surface area (Å²) in [7, 11) is 0. The maximum Gasteiger partial charge on any atom is 0.251 e. The zero-order valence-corrected chi connectivity index (χ0v) is 14.3. The molecule has 5 nitrogen and oxygen atoms in total. The van der Waals surface area contributed by atoms with Gasteiger partial charge in [0.15, 0.2) is 0 Å². The number of carbonyl (C=O) groups is 2. The van der Waals surface area contributed by atoms with E-state index in [0.717, 1.165) is 5.56 Å². The van der Waals surface area contributed by atoms with Gasteiger partial charge in [0.1, 0.15) is 0 Å². The van der Waals surface area contributed by atoms with Crippen molar-refractivity contribution in [2.24, 2.45) is 0 Å². The molecule has 130 valence electrons. The lowest BCUT2D eigenvalue weighted by atomic mass is 10.1. The smallest absolute Gasteiger partial charge is 0.251 e. The van der Waals surface area contributed by atoms with Crippen LogP contribution in [0.15, 0.2) is 67.3 Å². The molecule has 25 heavy (non-hydrogen) atoms. The summed E-state index contributed by atoms with van der Waals surface area (Å²) in [5.41, 5.74) is 2.30. The first-order valence-electron chi connectivity index (χ1n) is 8.17. The van der Waals surface area contributed by atoms with Crippen LogP contribution in [0.5, 0.6) is 0 Å². The molecular formula is C20H23N3O2. The summed E-state index contributed by atoms with van der Waals surface area (Å²) in [6.07, 6.45) is 1.62. The molecule has 0 aromatic heterocycles. The molecular weight excluding hydrogens is 314 g/mol. The van der Waals surface area contributed by atoms with Crippen LogP contribution in [-0.4, -0.2) is 24.9 Å². The molecule has 0 aliphatic rings. The fraction of sp³-hybridized carbons (Fsp3) is 0.200. The van der Waals surface area contributed by atoms with E-state index in [4.69, 9.17) is 0 Å². The first kappa shape index (κ1) is 18.3. The summed E-state index contributed by atoms with van der Waals surface area (Å²) in [4.78, 5) is 24.0. The minimum absolute atomic E-state index is 0.0880. The van der Waals surface area contributed by atoms with Gasteiger partial charge in [0.2, 0.25) is 5.91 Å². The molecule has 0 radical (unpaired) electrons. The number of benzene rings is 2. The Labute approximate surface area is 148 Å². The molecule has 1 atom stereocenters. The van der Waals surface area contributed by atoms with Crippen LogP contribution in [-0.2, 0) is 4.79 Å². The number of nitrogens with one attached hydrogen (secondary N) is 3. The predicted molar refractivity (Wildman–Crippen MR) is 100 cm³/mol. The van der Waals surface area contributed by atoms with E-state index >= 15 is 0 Å². The number of hydrogen-bond acceptors (Lipinski definition) is 3. The zero-order chi connectivity index (χ0) is 18.1. The number of hydrogen-bond donors (Lipinski definition) is 3. The van der Waals surface area contributed by atoms with Crippen LogP contribution in [0.25, 0.3) is 0 Å². The van der Waals surface area contributed by atoms with Gasteiger partial charge in [0.05, 0.1) is 12.6 Å². The van der Waals surface area contributed by atoms with Crippen molar-refractivity contribution in [2.75, 3.05) is 18.4 Å². The largest absolute Gasteiger partial charge is 0.376 e. The van der Waals surface area contributed by atoms with Crippen molar-refractivity contribution in [1.29, 1.82) is 0 Å². The third-order valence-corrected chi connectivity index (χ3v) is 3.67. The van der Waals surface area contributed by atoms with E-state index in [9.17, 15) is 9.59 Å². The highest BCUT2D eigenvalue weighted by molar-refractivity contribution is 5.95. The lowest BCUT2D eigenvalue weighted by molar-refractivity contribution is -0.119. The monoisotopic (exact) mass is 337 g/mol. The van der Waals surface area contributed by atoms with Gasteiger partial charge in [-0.1, -0.05) is 42.5 Å². The molecule has 1 unspecified atom stereocenters. The molecule has 0 saturated heterocycles. The summed E-state index contributed by atoms with van der Waals surface area (Å²) < 4.78 is 0. The zero-order valence-electron chi connectivity index (χ0n) is 14.3. The van der Waals surface area contributed by atoms with Crippen molar-refractivity contribution >= 4 is 17.5 Å². The van der Waals surface area contributed by atoms with Crippen molar-refractivity contribution < 1.29 is 9.59 Å². The Kier molecular flexibility index (Phi) is 6.77. The van der Waals surface area contributed by atoms with Crippen molar-refractivity contribution in [3.8, 4) is 0 Å². The molecule has 2 aromatic carbocycles. The maximum absolute atomic E-state index is 12.4. The maximum atomic E-state index is 12.4. The van der Waals surface area contributed by atoms with E-state index in [0.29, 0.717) is 17.8 Å². The van der Waals surface area contributed by atoms with Crippen LogP contribution in [0.3, 0.4) is 0 Å². The van der Waals surface area contributed by atoms with Crippen LogP contribution in [0.2, 0.25) is 0 Å². The summed E-state index contributed by atoms with van der Waals surface area (Å²) in [5.74, 6) is -0.288. The average Bonchev–Trinajstić information content (AvgIpc) is 2.65. The third kappa shape index (κ3) is 5.80. The lowest BCUT2D eigenvalue weighted by Gasteiger charge is -2.15. The quantitative estimate of drug-likeness (QED) is 0.649. The average molecular weight is 337 g/mol. The highest BCUT2D eigenvalue weighted by Gasteiger charge is 2.11. The fourth-order valence-electron chi connectivity index (χ4n) is 2.31. The Morgan fingerprint density at radius 3 is 2.60 bits per heavy atom. The van der Waals surface area contributed by atoms with Gasteiger partial charge in [-0.25, -0.2) is 0 Å². The molecule has 3 N–H and O–H groups in total. The normalized spacial score (nSPS) is 11.2. The molecule has 5 heteroatoms. The van der Waals surface area contributed by atoms with Gasteiger partial charge in [-0.3, -0.25) is 9.59 Å². The SMILES string of the molecule is C=CCNC(=O)CNc1cccc(C(=O)NC(C)c2ccccc2)c1. The predicted octanol–water partition coefficient (Wildman–Crippen LogP) is 2.89. The van der Waals surface area contributed by atoms with Crippen molar-refractivity contribution in [3.63, 3.8) is 0 Å². The van der Waals surface area contributed by atoms with Crippen LogP contribution in [0, 0.1) is 0 Å². The first-order valence-corrected chi connectivity index (χ1v) is 8.17. The molecule has 2 rings (SSSR count). The van der Waals surface area contributed by atoms with Crippen LogP contribution < -0.4 is 16.0 Å². The van der Waals surface area contributed by atoms with E-state index in [1.54, 1.807) is 24.3 Å². The third-order valence-electron chi connectivity index (χ3n) is 3.67. The van der Waals surface area contributed by atoms with Crippen LogP contribution in [0.1, 0.15) is 28.9 Å². The molecule has 0 bridgehead atoms. The van der Waals surface area contributed by atoms with Gasteiger partial charge in [0.25, 0.3) is 5.91 Å². The van der Waals surface area contributed by atoms with Crippen LogP contribution in [0.4, 0.5) is 5.69 Å².